The minimum absolute atomic E-state index is 0.0719. The summed E-state index contributed by atoms with van der Waals surface area (Å²) in [6.45, 7) is 0. The lowest BCUT2D eigenvalue weighted by molar-refractivity contribution is -0.115. The molecule has 0 bridgehead atoms. The molecular weight excluding hydrogens is 322 g/mol. The van der Waals surface area contributed by atoms with Gasteiger partial charge in [0.2, 0.25) is 0 Å². The zero-order valence-electron chi connectivity index (χ0n) is 13.3. The first-order valence-corrected chi connectivity index (χ1v) is 7.40. The van der Waals surface area contributed by atoms with Gasteiger partial charge < -0.3 is 15.8 Å². The molecule has 1 aliphatic rings. The van der Waals surface area contributed by atoms with Crippen molar-refractivity contribution in [3.63, 3.8) is 0 Å². The zero-order valence-corrected chi connectivity index (χ0v) is 13.3. The van der Waals surface area contributed by atoms with Gasteiger partial charge in [-0.2, -0.15) is 0 Å². The highest BCUT2D eigenvalue weighted by Gasteiger charge is 2.23. The highest BCUT2D eigenvalue weighted by atomic mass is 16.5. The van der Waals surface area contributed by atoms with Gasteiger partial charge >= 0.3 is 6.03 Å². The van der Waals surface area contributed by atoms with E-state index < -0.39 is 11.9 Å². The van der Waals surface area contributed by atoms with E-state index in [1.165, 1.54) is 13.2 Å². The lowest BCUT2D eigenvalue weighted by atomic mass is 9.99. The van der Waals surface area contributed by atoms with Crippen LogP contribution in [0.15, 0.2) is 48.2 Å². The van der Waals surface area contributed by atoms with E-state index in [0.29, 0.717) is 28.1 Å². The fraction of sp³-hybridized carbons (Fsp3) is 0.0556. The van der Waals surface area contributed by atoms with Crippen molar-refractivity contribution in [1.82, 2.24) is 10.6 Å². The first-order chi connectivity index (χ1) is 12.0. The van der Waals surface area contributed by atoms with Crippen molar-refractivity contribution in [3.05, 3.63) is 64.9 Å². The van der Waals surface area contributed by atoms with Crippen LogP contribution in [0.5, 0.6) is 5.75 Å². The number of nitrogens with one attached hydrogen (secondary N) is 2. The lowest BCUT2D eigenvalue weighted by Crippen LogP contribution is -2.22. The number of carbonyl (C=O) groups is 3. The fourth-order valence-electron chi connectivity index (χ4n) is 2.41. The van der Waals surface area contributed by atoms with Crippen molar-refractivity contribution in [1.29, 1.82) is 0 Å². The molecule has 0 atom stereocenters. The molecule has 0 unspecified atom stereocenters. The Balaban J connectivity index is 1.96. The maximum absolute atomic E-state index is 12.7. The molecule has 1 saturated heterocycles. The highest BCUT2D eigenvalue weighted by Crippen LogP contribution is 2.21. The molecule has 126 valence electrons. The van der Waals surface area contributed by atoms with Crippen LogP contribution >= 0.6 is 0 Å². The van der Waals surface area contributed by atoms with Crippen LogP contribution in [0.4, 0.5) is 10.5 Å². The third kappa shape index (κ3) is 3.35. The molecule has 1 fully saturated rings. The smallest absolute Gasteiger partial charge is 0.326 e. The van der Waals surface area contributed by atoms with Gasteiger partial charge in [-0.05, 0) is 36.4 Å². The van der Waals surface area contributed by atoms with Crippen LogP contribution in [0.25, 0.3) is 6.08 Å². The summed E-state index contributed by atoms with van der Waals surface area (Å²) in [5.74, 6) is -0.179. The van der Waals surface area contributed by atoms with Gasteiger partial charge in [-0.15, -0.1) is 0 Å². The normalized spacial score (nSPS) is 15.0. The fourth-order valence-corrected chi connectivity index (χ4v) is 2.41. The van der Waals surface area contributed by atoms with E-state index in [-0.39, 0.29) is 11.5 Å². The number of nitrogens with two attached hydrogens (primary N) is 1. The Bertz CT molecular complexity index is 918. The summed E-state index contributed by atoms with van der Waals surface area (Å²) in [4.78, 5) is 35.5. The molecular formula is C18H15N3O4. The third-order valence-electron chi connectivity index (χ3n) is 3.70. The van der Waals surface area contributed by atoms with E-state index in [2.05, 4.69) is 10.6 Å². The van der Waals surface area contributed by atoms with Gasteiger partial charge in [-0.3, -0.25) is 14.9 Å². The number of urea groups is 1. The van der Waals surface area contributed by atoms with E-state index in [9.17, 15) is 14.4 Å². The first-order valence-electron chi connectivity index (χ1n) is 7.40. The number of methoxy groups -OCH3 is 1. The lowest BCUT2D eigenvalue weighted by Gasteiger charge is -2.07. The molecule has 0 spiro atoms. The van der Waals surface area contributed by atoms with Crippen LogP contribution in [-0.4, -0.2) is 24.8 Å². The number of ketones is 1. The molecule has 3 amide bonds. The standard InChI is InChI=1S/C18H15N3O4/c1-25-13-4-2-3-10(8-13)16(22)11-5-6-14(19)12(7-11)9-15-17(23)21-18(24)20-15/h2-9H,19H2,1H3,(H2,20,21,23,24). The monoisotopic (exact) mass is 337 g/mol. The maximum atomic E-state index is 12.7. The molecule has 0 aliphatic carbocycles. The van der Waals surface area contributed by atoms with Crippen molar-refractivity contribution >= 4 is 29.5 Å². The third-order valence-corrected chi connectivity index (χ3v) is 3.70. The van der Waals surface area contributed by atoms with Crippen molar-refractivity contribution in [2.24, 2.45) is 0 Å². The molecule has 7 nitrogen and oxygen atoms in total. The average molecular weight is 337 g/mol. The van der Waals surface area contributed by atoms with Crippen LogP contribution in [0.1, 0.15) is 21.5 Å². The summed E-state index contributed by atoms with van der Waals surface area (Å²) in [5.41, 5.74) is 7.69. The number of carbonyl (C=O) groups excluding carboxylic acids is 3. The molecule has 3 rings (SSSR count). The van der Waals surface area contributed by atoms with E-state index >= 15 is 0 Å². The van der Waals surface area contributed by atoms with Crippen LogP contribution in [0, 0.1) is 0 Å². The van der Waals surface area contributed by atoms with Crippen molar-refractivity contribution < 1.29 is 19.1 Å². The zero-order chi connectivity index (χ0) is 18.0. The number of amides is 3. The number of rotatable bonds is 4. The minimum Gasteiger partial charge on any atom is -0.497 e. The molecule has 0 radical (unpaired) electrons. The Labute approximate surface area is 143 Å². The summed E-state index contributed by atoms with van der Waals surface area (Å²) in [5, 5.41) is 4.48. The number of hydrogen-bond donors (Lipinski definition) is 3. The van der Waals surface area contributed by atoms with Gasteiger partial charge in [-0.1, -0.05) is 12.1 Å². The number of nitrogen functional groups attached to an aromatic ring is 1. The van der Waals surface area contributed by atoms with E-state index in [1.54, 1.807) is 42.5 Å². The molecule has 1 aliphatic heterocycles. The predicted octanol–water partition coefficient (Wildman–Crippen LogP) is 1.69. The van der Waals surface area contributed by atoms with Gasteiger partial charge in [0.1, 0.15) is 11.4 Å². The van der Waals surface area contributed by atoms with Crippen molar-refractivity contribution in [3.8, 4) is 5.75 Å². The average Bonchev–Trinajstić information content (AvgIpc) is 2.93. The Hall–Kier alpha value is -3.61. The molecule has 4 N–H and O–H groups in total. The van der Waals surface area contributed by atoms with Gasteiger partial charge in [0.15, 0.2) is 5.78 Å². The quantitative estimate of drug-likeness (QED) is 0.340. The van der Waals surface area contributed by atoms with Crippen LogP contribution in [-0.2, 0) is 4.79 Å². The van der Waals surface area contributed by atoms with Gasteiger partial charge in [0, 0.05) is 22.4 Å². The SMILES string of the molecule is COc1cccc(C(=O)c2ccc(N)c(C=C3NC(=O)NC3=O)c2)c1. The van der Waals surface area contributed by atoms with E-state index in [1.807, 2.05) is 0 Å². The largest absolute Gasteiger partial charge is 0.497 e. The van der Waals surface area contributed by atoms with Crippen molar-refractivity contribution in [2.45, 2.75) is 0 Å². The molecule has 7 heteroatoms. The van der Waals surface area contributed by atoms with Crippen molar-refractivity contribution in [2.75, 3.05) is 12.8 Å². The van der Waals surface area contributed by atoms with Gasteiger partial charge in [-0.25, -0.2) is 4.79 Å². The van der Waals surface area contributed by atoms with Gasteiger partial charge in [0.05, 0.1) is 7.11 Å². The Kier molecular flexibility index (Phi) is 4.21. The Morgan fingerprint density at radius 1 is 1.08 bits per heavy atom. The number of imide groups is 1. The molecule has 2 aromatic carbocycles. The molecule has 2 aromatic rings. The van der Waals surface area contributed by atoms with Crippen LogP contribution in [0.2, 0.25) is 0 Å². The summed E-state index contributed by atoms with van der Waals surface area (Å²) >= 11 is 0. The van der Waals surface area contributed by atoms with Crippen LogP contribution < -0.4 is 21.1 Å². The van der Waals surface area contributed by atoms with Crippen LogP contribution in [0.3, 0.4) is 0 Å². The summed E-state index contributed by atoms with van der Waals surface area (Å²) < 4.78 is 5.13. The van der Waals surface area contributed by atoms with E-state index in [0.717, 1.165) is 0 Å². The van der Waals surface area contributed by atoms with E-state index in [4.69, 9.17) is 10.5 Å². The first kappa shape index (κ1) is 16.3. The maximum Gasteiger partial charge on any atom is 0.326 e. The number of benzene rings is 2. The predicted molar refractivity (Wildman–Crippen MR) is 91.9 cm³/mol. The molecule has 1 heterocycles. The molecule has 0 saturated carbocycles. The summed E-state index contributed by atoms with van der Waals surface area (Å²) in [6, 6.07) is 11.0. The number of anilines is 1. The molecule has 25 heavy (non-hydrogen) atoms. The summed E-state index contributed by atoms with van der Waals surface area (Å²) in [6.07, 6.45) is 1.43. The topological polar surface area (TPSA) is 111 Å². The second kappa shape index (κ2) is 6.48. The minimum atomic E-state index is -0.599. The highest BCUT2D eigenvalue weighted by molar-refractivity contribution is 6.14. The Morgan fingerprint density at radius 2 is 1.84 bits per heavy atom. The second-order valence-corrected chi connectivity index (χ2v) is 5.37. The Morgan fingerprint density at radius 3 is 2.52 bits per heavy atom. The second-order valence-electron chi connectivity index (χ2n) is 5.37. The number of ether oxygens (including phenoxy) is 1. The number of hydrogen-bond acceptors (Lipinski definition) is 5. The summed E-state index contributed by atoms with van der Waals surface area (Å²) in [7, 11) is 1.53. The van der Waals surface area contributed by atoms with Gasteiger partial charge in [0.25, 0.3) is 5.91 Å². The molecule has 0 aromatic heterocycles.